The minimum absolute atomic E-state index is 0. The van der Waals surface area contributed by atoms with Crippen LogP contribution in [0.4, 0.5) is 0 Å². The van der Waals surface area contributed by atoms with E-state index in [1.165, 1.54) is 0 Å². The van der Waals surface area contributed by atoms with Crippen LogP contribution in [0.1, 0.15) is 18.9 Å². The minimum atomic E-state index is 0. The molecule has 0 saturated carbocycles. The number of nitrogens with zero attached hydrogens (tertiary/aromatic N) is 1. The van der Waals surface area contributed by atoms with E-state index in [-0.39, 0.29) is 24.0 Å². The number of nitrogens with one attached hydrogen (secondary N) is 2. The van der Waals surface area contributed by atoms with Crippen LogP contribution in [0.2, 0.25) is 0 Å². The first-order chi connectivity index (χ1) is 10.7. The molecule has 2 N–H and O–H groups in total. The topological polar surface area (TPSA) is 64.1 Å². The van der Waals surface area contributed by atoms with Gasteiger partial charge in [0.25, 0.3) is 0 Å². The summed E-state index contributed by atoms with van der Waals surface area (Å²) in [5.74, 6) is 2.27. The molecule has 0 radical (unpaired) electrons. The largest absolute Gasteiger partial charge is 0.493 e. The second-order valence-corrected chi connectivity index (χ2v) is 4.62. The summed E-state index contributed by atoms with van der Waals surface area (Å²) < 4.78 is 15.9. The maximum Gasteiger partial charge on any atom is 0.191 e. The summed E-state index contributed by atoms with van der Waals surface area (Å²) in [6, 6.07) is 5.91. The van der Waals surface area contributed by atoms with E-state index in [4.69, 9.17) is 14.2 Å². The molecule has 0 aliphatic carbocycles. The molecule has 23 heavy (non-hydrogen) atoms. The summed E-state index contributed by atoms with van der Waals surface area (Å²) in [6.07, 6.45) is 0.939. The molecule has 132 valence electrons. The van der Waals surface area contributed by atoms with E-state index < -0.39 is 0 Å². The van der Waals surface area contributed by atoms with Crippen LogP contribution in [0.5, 0.6) is 11.5 Å². The fourth-order valence-corrected chi connectivity index (χ4v) is 1.93. The van der Waals surface area contributed by atoms with Gasteiger partial charge in [0.05, 0.1) is 13.7 Å². The van der Waals surface area contributed by atoms with Gasteiger partial charge in [-0.15, -0.1) is 24.0 Å². The lowest BCUT2D eigenvalue weighted by molar-refractivity contribution is 0.195. The molecule has 1 aromatic carbocycles. The Labute approximate surface area is 156 Å². The van der Waals surface area contributed by atoms with E-state index in [2.05, 4.69) is 15.6 Å². The van der Waals surface area contributed by atoms with Gasteiger partial charge in [0.2, 0.25) is 0 Å². The zero-order chi connectivity index (χ0) is 16.2. The number of halogens is 1. The second kappa shape index (κ2) is 13.2. The molecule has 0 spiro atoms. The highest BCUT2D eigenvalue weighted by Gasteiger charge is 2.06. The van der Waals surface area contributed by atoms with E-state index in [9.17, 15) is 0 Å². The number of guanidine groups is 1. The fraction of sp³-hybridized carbons (Fsp3) is 0.562. The molecule has 0 atom stereocenters. The standard InChI is InChI=1S/C16H27N3O3.HI/c1-5-22-14-8-7-13(11-15(14)21-4)12-19-16(17-2)18-9-6-10-20-3;/h7-8,11H,5-6,9-10,12H2,1-4H3,(H2,17,18,19);1H. The average Bonchev–Trinajstić information content (AvgIpc) is 2.55. The van der Waals surface area contributed by atoms with Gasteiger partial charge in [0, 0.05) is 33.9 Å². The molecular weight excluding hydrogens is 409 g/mol. The van der Waals surface area contributed by atoms with Crippen LogP contribution in [0.25, 0.3) is 0 Å². The number of hydrogen-bond donors (Lipinski definition) is 2. The van der Waals surface area contributed by atoms with Crippen molar-refractivity contribution in [3.05, 3.63) is 23.8 Å². The molecule has 0 heterocycles. The number of rotatable bonds is 9. The number of benzene rings is 1. The Balaban J connectivity index is 0.00000484. The predicted molar refractivity (Wildman–Crippen MR) is 104 cm³/mol. The molecule has 0 aliphatic heterocycles. The second-order valence-electron chi connectivity index (χ2n) is 4.62. The average molecular weight is 437 g/mol. The Bertz CT molecular complexity index is 470. The molecular formula is C16H28IN3O3. The van der Waals surface area contributed by atoms with Crippen molar-refractivity contribution in [2.24, 2.45) is 4.99 Å². The third kappa shape index (κ3) is 8.26. The first-order valence-electron chi connectivity index (χ1n) is 7.48. The lowest BCUT2D eigenvalue weighted by atomic mass is 10.2. The molecule has 0 aromatic heterocycles. The molecule has 7 heteroatoms. The molecule has 0 fully saturated rings. The summed E-state index contributed by atoms with van der Waals surface area (Å²) in [6.45, 7) is 4.78. The normalized spacial score (nSPS) is 10.7. The van der Waals surface area contributed by atoms with Crippen LogP contribution in [0.15, 0.2) is 23.2 Å². The van der Waals surface area contributed by atoms with E-state index in [1.54, 1.807) is 21.3 Å². The summed E-state index contributed by atoms with van der Waals surface area (Å²) in [4.78, 5) is 4.19. The molecule has 1 aromatic rings. The molecule has 1 rings (SSSR count). The number of ether oxygens (including phenoxy) is 3. The molecule has 6 nitrogen and oxygen atoms in total. The van der Waals surface area contributed by atoms with Crippen LogP contribution in [-0.4, -0.2) is 47.0 Å². The van der Waals surface area contributed by atoms with Crippen molar-refractivity contribution in [2.75, 3.05) is 41.0 Å². The molecule has 0 aliphatic rings. The molecule has 0 amide bonds. The Morgan fingerprint density at radius 3 is 2.57 bits per heavy atom. The first kappa shape index (κ1) is 21.8. The maximum atomic E-state index is 5.51. The van der Waals surface area contributed by atoms with Gasteiger partial charge < -0.3 is 24.8 Å². The Kier molecular flexibility index (Phi) is 12.5. The van der Waals surface area contributed by atoms with Crippen molar-refractivity contribution in [1.82, 2.24) is 10.6 Å². The number of methoxy groups -OCH3 is 2. The van der Waals surface area contributed by atoms with Crippen molar-refractivity contribution >= 4 is 29.9 Å². The van der Waals surface area contributed by atoms with E-state index in [0.717, 1.165) is 42.6 Å². The zero-order valence-electron chi connectivity index (χ0n) is 14.3. The third-order valence-corrected chi connectivity index (χ3v) is 3.03. The van der Waals surface area contributed by atoms with Crippen LogP contribution in [0.3, 0.4) is 0 Å². The Hall–Kier alpha value is -1.22. The van der Waals surface area contributed by atoms with E-state index in [1.807, 2.05) is 25.1 Å². The van der Waals surface area contributed by atoms with Gasteiger partial charge in [0.1, 0.15) is 0 Å². The van der Waals surface area contributed by atoms with Gasteiger partial charge in [-0.3, -0.25) is 4.99 Å². The van der Waals surface area contributed by atoms with Crippen LogP contribution >= 0.6 is 24.0 Å². The molecule has 0 saturated heterocycles. The quantitative estimate of drug-likeness (QED) is 0.269. The minimum Gasteiger partial charge on any atom is -0.493 e. The van der Waals surface area contributed by atoms with Gasteiger partial charge in [-0.1, -0.05) is 6.07 Å². The predicted octanol–water partition coefficient (Wildman–Crippen LogP) is 2.41. The SMILES string of the molecule is CCOc1ccc(CNC(=NC)NCCCOC)cc1OC.I. The molecule has 0 bridgehead atoms. The summed E-state index contributed by atoms with van der Waals surface area (Å²) in [5.41, 5.74) is 1.10. The zero-order valence-corrected chi connectivity index (χ0v) is 16.7. The summed E-state index contributed by atoms with van der Waals surface area (Å²) in [7, 11) is 5.10. The number of hydrogen-bond acceptors (Lipinski definition) is 4. The fourth-order valence-electron chi connectivity index (χ4n) is 1.93. The third-order valence-electron chi connectivity index (χ3n) is 3.03. The highest BCUT2D eigenvalue weighted by Crippen LogP contribution is 2.27. The van der Waals surface area contributed by atoms with Gasteiger partial charge in [-0.25, -0.2) is 0 Å². The van der Waals surface area contributed by atoms with Gasteiger partial charge in [-0.2, -0.15) is 0 Å². The van der Waals surface area contributed by atoms with Crippen molar-refractivity contribution in [3.8, 4) is 11.5 Å². The van der Waals surface area contributed by atoms with Gasteiger partial charge in [0.15, 0.2) is 17.5 Å². The Morgan fingerprint density at radius 1 is 1.17 bits per heavy atom. The lowest BCUT2D eigenvalue weighted by Crippen LogP contribution is -2.37. The summed E-state index contributed by atoms with van der Waals surface area (Å²) in [5, 5.41) is 6.50. The van der Waals surface area contributed by atoms with Crippen molar-refractivity contribution in [2.45, 2.75) is 19.9 Å². The first-order valence-corrected chi connectivity index (χ1v) is 7.48. The molecule has 0 unspecified atom stereocenters. The summed E-state index contributed by atoms with van der Waals surface area (Å²) >= 11 is 0. The highest BCUT2D eigenvalue weighted by atomic mass is 127. The lowest BCUT2D eigenvalue weighted by Gasteiger charge is -2.14. The van der Waals surface area contributed by atoms with Crippen molar-refractivity contribution < 1.29 is 14.2 Å². The smallest absolute Gasteiger partial charge is 0.191 e. The van der Waals surface area contributed by atoms with Crippen molar-refractivity contribution in [1.29, 1.82) is 0 Å². The van der Waals surface area contributed by atoms with Gasteiger partial charge >= 0.3 is 0 Å². The maximum absolute atomic E-state index is 5.51. The van der Waals surface area contributed by atoms with Crippen LogP contribution in [-0.2, 0) is 11.3 Å². The van der Waals surface area contributed by atoms with E-state index >= 15 is 0 Å². The van der Waals surface area contributed by atoms with Crippen LogP contribution in [0, 0.1) is 0 Å². The highest BCUT2D eigenvalue weighted by molar-refractivity contribution is 14.0. The van der Waals surface area contributed by atoms with Crippen molar-refractivity contribution in [3.63, 3.8) is 0 Å². The Morgan fingerprint density at radius 2 is 1.96 bits per heavy atom. The number of aliphatic imine (C=N–C) groups is 1. The van der Waals surface area contributed by atoms with Gasteiger partial charge in [-0.05, 0) is 31.0 Å². The van der Waals surface area contributed by atoms with Crippen LogP contribution < -0.4 is 20.1 Å². The van der Waals surface area contributed by atoms with E-state index in [0.29, 0.717) is 13.2 Å². The monoisotopic (exact) mass is 437 g/mol.